The molecule has 1 heterocycles. The summed E-state index contributed by atoms with van der Waals surface area (Å²) in [6, 6.07) is 4.60. The summed E-state index contributed by atoms with van der Waals surface area (Å²) in [4.78, 5) is 14.0. The van der Waals surface area contributed by atoms with Crippen LogP contribution in [0.5, 0.6) is 0 Å². The van der Waals surface area contributed by atoms with Gasteiger partial charge in [-0.1, -0.05) is 38.8 Å². The lowest BCUT2D eigenvalue weighted by molar-refractivity contribution is -0.121. The van der Waals surface area contributed by atoms with Crippen LogP contribution in [0.3, 0.4) is 0 Å². The van der Waals surface area contributed by atoms with E-state index in [1.54, 1.807) is 6.07 Å². The van der Waals surface area contributed by atoms with Crippen LogP contribution in [0, 0.1) is 0 Å². The standard InChI is InChI=1S/C25H40N2O7S2/c1-5-19(2)18-26-24(28)11-7-6-8-14-25(4)20(3)27(15-9-10-16-35(29,30)31)23-13-12-21(17-22(23)25)36(32,33)34/h12-13,17,20H,2,5-11,14-16,18H2,1,3-4H3,(H,26,28)(H,29,30,31)(H,32,33,34). The zero-order valence-electron chi connectivity index (χ0n) is 21.5. The van der Waals surface area contributed by atoms with Gasteiger partial charge in [0, 0.05) is 36.7 Å². The van der Waals surface area contributed by atoms with Gasteiger partial charge >= 0.3 is 0 Å². The van der Waals surface area contributed by atoms with Gasteiger partial charge in [0.1, 0.15) is 0 Å². The third-order valence-electron chi connectivity index (χ3n) is 7.27. The number of nitrogens with zero attached hydrogens (tertiary/aromatic N) is 1. The van der Waals surface area contributed by atoms with Gasteiger partial charge in [-0.3, -0.25) is 13.9 Å². The maximum Gasteiger partial charge on any atom is 0.294 e. The maximum absolute atomic E-state index is 12.0. The lowest BCUT2D eigenvalue weighted by atomic mass is 9.75. The van der Waals surface area contributed by atoms with E-state index in [0.717, 1.165) is 48.9 Å². The number of carbonyl (C=O) groups excluding carboxylic acids is 1. The smallest absolute Gasteiger partial charge is 0.294 e. The highest BCUT2D eigenvalue weighted by Gasteiger charge is 2.45. The molecule has 1 aromatic rings. The molecule has 204 valence electrons. The number of amides is 1. The van der Waals surface area contributed by atoms with Crippen molar-refractivity contribution in [1.29, 1.82) is 0 Å². The first-order chi connectivity index (χ1) is 16.7. The van der Waals surface area contributed by atoms with Crippen LogP contribution in [-0.4, -0.2) is 56.7 Å². The number of unbranched alkanes of at least 4 members (excludes halogenated alkanes) is 3. The minimum atomic E-state index is -4.36. The molecule has 0 aromatic heterocycles. The van der Waals surface area contributed by atoms with Crippen molar-refractivity contribution in [2.24, 2.45) is 0 Å². The van der Waals surface area contributed by atoms with Crippen molar-refractivity contribution in [3.63, 3.8) is 0 Å². The Hall–Kier alpha value is -1.95. The average molecular weight is 545 g/mol. The number of anilines is 1. The average Bonchev–Trinajstić information content (AvgIpc) is 3.00. The molecule has 1 aromatic carbocycles. The van der Waals surface area contributed by atoms with Gasteiger partial charge in [-0.05, 0) is 62.8 Å². The van der Waals surface area contributed by atoms with Crippen LogP contribution >= 0.6 is 0 Å². The Morgan fingerprint density at radius 2 is 1.81 bits per heavy atom. The monoisotopic (exact) mass is 544 g/mol. The maximum atomic E-state index is 12.0. The summed E-state index contributed by atoms with van der Waals surface area (Å²) >= 11 is 0. The van der Waals surface area contributed by atoms with E-state index in [4.69, 9.17) is 4.55 Å². The number of fused-ring (bicyclic) bond motifs is 1. The van der Waals surface area contributed by atoms with Crippen LogP contribution in [0.1, 0.15) is 77.7 Å². The van der Waals surface area contributed by atoms with E-state index in [-0.39, 0.29) is 22.6 Å². The fourth-order valence-electron chi connectivity index (χ4n) is 4.78. The molecule has 36 heavy (non-hydrogen) atoms. The van der Waals surface area contributed by atoms with Crippen molar-refractivity contribution in [2.75, 3.05) is 23.7 Å². The molecule has 9 nitrogen and oxygen atoms in total. The lowest BCUT2D eigenvalue weighted by Crippen LogP contribution is -2.41. The molecule has 0 radical (unpaired) electrons. The van der Waals surface area contributed by atoms with E-state index in [2.05, 4.69) is 30.6 Å². The summed E-state index contributed by atoms with van der Waals surface area (Å²) in [5.41, 5.74) is 2.27. The summed E-state index contributed by atoms with van der Waals surface area (Å²) in [5.74, 6) is -0.300. The number of nitrogens with one attached hydrogen (secondary N) is 1. The predicted octanol–water partition coefficient (Wildman–Crippen LogP) is 4.10. The number of benzene rings is 1. The quantitative estimate of drug-likeness (QED) is 0.170. The van der Waals surface area contributed by atoms with Gasteiger partial charge in [-0.15, -0.1) is 0 Å². The van der Waals surface area contributed by atoms with Gasteiger partial charge in [0.25, 0.3) is 20.2 Å². The first-order valence-corrected chi connectivity index (χ1v) is 15.5. The largest absolute Gasteiger partial charge is 0.368 e. The molecule has 0 aliphatic carbocycles. The highest BCUT2D eigenvalue weighted by atomic mass is 32.2. The third kappa shape index (κ3) is 8.29. The Kier molecular flexibility index (Phi) is 10.5. The van der Waals surface area contributed by atoms with Crippen LogP contribution in [0.15, 0.2) is 35.2 Å². The molecule has 2 unspecified atom stereocenters. The second kappa shape index (κ2) is 12.5. The van der Waals surface area contributed by atoms with Crippen LogP contribution in [0.4, 0.5) is 5.69 Å². The first kappa shape index (κ1) is 30.3. The van der Waals surface area contributed by atoms with Crippen molar-refractivity contribution in [1.82, 2.24) is 5.32 Å². The van der Waals surface area contributed by atoms with Gasteiger partial charge in [0.2, 0.25) is 5.91 Å². The highest BCUT2D eigenvalue weighted by molar-refractivity contribution is 7.86. The topological polar surface area (TPSA) is 141 Å². The molecule has 2 rings (SSSR count). The van der Waals surface area contributed by atoms with Crippen molar-refractivity contribution in [2.45, 2.75) is 88.5 Å². The van der Waals surface area contributed by atoms with E-state index in [9.17, 15) is 26.2 Å². The SMILES string of the molecule is C=C(CC)CNC(=O)CCCCCC1(C)c2cc(S(=O)(=O)O)ccc2N(CCCCS(=O)(=O)O)C1C. The molecule has 2 atom stereocenters. The van der Waals surface area contributed by atoms with E-state index < -0.39 is 25.7 Å². The molecule has 0 fully saturated rings. The van der Waals surface area contributed by atoms with Crippen molar-refractivity contribution < 1.29 is 30.7 Å². The number of hydrogen-bond acceptors (Lipinski definition) is 6. The fraction of sp³-hybridized carbons (Fsp3) is 0.640. The van der Waals surface area contributed by atoms with Gasteiger partial charge < -0.3 is 10.2 Å². The summed E-state index contributed by atoms with van der Waals surface area (Å²) in [7, 11) is -8.38. The highest BCUT2D eigenvalue weighted by Crippen LogP contribution is 2.49. The number of rotatable bonds is 15. The minimum Gasteiger partial charge on any atom is -0.368 e. The molecule has 0 bridgehead atoms. The van der Waals surface area contributed by atoms with Crippen LogP contribution in [-0.2, 0) is 30.4 Å². The van der Waals surface area contributed by atoms with Crippen molar-refractivity contribution >= 4 is 31.8 Å². The summed E-state index contributed by atoms with van der Waals surface area (Å²) < 4.78 is 64.3. The minimum absolute atomic E-state index is 0.00163. The summed E-state index contributed by atoms with van der Waals surface area (Å²) in [6.45, 7) is 11.1. The molecular weight excluding hydrogens is 504 g/mol. The molecule has 1 aliphatic rings. The molecular formula is C25H40N2O7S2. The van der Waals surface area contributed by atoms with Gasteiger partial charge in [-0.25, -0.2) is 0 Å². The number of hydrogen-bond donors (Lipinski definition) is 3. The zero-order valence-corrected chi connectivity index (χ0v) is 23.1. The molecule has 0 saturated heterocycles. The molecule has 1 amide bonds. The zero-order chi connectivity index (χ0) is 27.1. The van der Waals surface area contributed by atoms with E-state index >= 15 is 0 Å². The van der Waals surface area contributed by atoms with E-state index in [1.807, 2.05) is 6.92 Å². The Morgan fingerprint density at radius 1 is 1.11 bits per heavy atom. The lowest BCUT2D eigenvalue weighted by Gasteiger charge is -2.35. The Balaban J connectivity index is 2.08. The molecule has 1 aliphatic heterocycles. The summed E-state index contributed by atoms with van der Waals surface area (Å²) in [5, 5.41) is 2.87. The molecule has 3 N–H and O–H groups in total. The second-order valence-electron chi connectivity index (χ2n) is 9.87. The van der Waals surface area contributed by atoms with Gasteiger partial charge in [0.15, 0.2) is 0 Å². The van der Waals surface area contributed by atoms with Crippen LogP contribution in [0.25, 0.3) is 0 Å². The fourth-order valence-corrected chi connectivity index (χ4v) is 5.85. The van der Waals surface area contributed by atoms with E-state index in [0.29, 0.717) is 32.4 Å². The van der Waals surface area contributed by atoms with Gasteiger partial charge in [0.05, 0.1) is 10.6 Å². The van der Waals surface area contributed by atoms with Crippen molar-refractivity contribution in [3.05, 3.63) is 35.9 Å². The number of carbonyl (C=O) groups is 1. The van der Waals surface area contributed by atoms with E-state index in [1.165, 1.54) is 12.1 Å². The Labute approximate surface area is 215 Å². The Bertz CT molecular complexity index is 1150. The first-order valence-electron chi connectivity index (χ1n) is 12.5. The van der Waals surface area contributed by atoms with Gasteiger partial charge in [-0.2, -0.15) is 16.8 Å². The molecule has 11 heteroatoms. The second-order valence-corrected chi connectivity index (χ2v) is 12.9. The molecule has 0 saturated carbocycles. The van der Waals surface area contributed by atoms with Crippen LogP contribution < -0.4 is 10.2 Å². The van der Waals surface area contributed by atoms with Crippen molar-refractivity contribution in [3.8, 4) is 0 Å². The normalized spacial score (nSPS) is 19.8. The predicted molar refractivity (Wildman–Crippen MR) is 142 cm³/mol. The van der Waals surface area contributed by atoms with Crippen LogP contribution in [0.2, 0.25) is 0 Å². The summed E-state index contributed by atoms with van der Waals surface area (Å²) in [6.07, 6.45) is 5.29. The third-order valence-corrected chi connectivity index (χ3v) is 8.92. The molecule has 0 spiro atoms. The Morgan fingerprint density at radius 3 is 2.42 bits per heavy atom.